The molecule has 0 saturated carbocycles. The number of benzene rings is 1. The predicted octanol–water partition coefficient (Wildman–Crippen LogP) is 2.25. The molecule has 9 heteroatoms. The number of carbonyl (C=O) groups excluding carboxylic acids is 2. The molecule has 30 heavy (non-hydrogen) atoms. The third-order valence-corrected chi connectivity index (χ3v) is 5.70. The molecule has 156 valence electrons. The predicted molar refractivity (Wildman–Crippen MR) is 112 cm³/mol. The van der Waals surface area contributed by atoms with Crippen LogP contribution in [0.4, 0.5) is 0 Å². The smallest absolute Gasteiger partial charge is 0.356 e. The molecule has 0 aliphatic heterocycles. The number of rotatable bonds is 7. The molecule has 1 N–H and O–H groups in total. The Hall–Kier alpha value is -3.17. The highest BCUT2D eigenvalue weighted by molar-refractivity contribution is 7.92. The van der Waals surface area contributed by atoms with Crippen LogP contribution in [0.3, 0.4) is 0 Å². The zero-order valence-electron chi connectivity index (χ0n) is 16.9. The Labute approximate surface area is 177 Å². The number of esters is 1. The number of aryl methyl sites for hydroxylation is 1. The lowest BCUT2D eigenvalue weighted by molar-refractivity contribution is -0.137. The fourth-order valence-corrected chi connectivity index (χ4v) is 3.68. The molecular formula is C21H22N4O4S. The molecule has 0 aliphatic rings. The molecule has 0 radical (unpaired) electrons. The van der Waals surface area contributed by atoms with Gasteiger partial charge in [-0.3, -0.25) is 9.48 Å². The Kier molecular flexibility index (Phi) is 6.86. The molecule has 2 atom stereocenters. The lowest BCUT2D eigenvalue weighted by Crippen LogP contribution is -2.28. The van der Waals surface area contributed by atoms with Crippen LogP contribution >= 0.6 is 0 Å². The highest BCUT2D eigenvalue weighted by Gasteiger charge is 2.20. The number of nitrogens with one attached hydrogen (secondary N) is 1. The van der Waals surface area contributed by atoms with Crippen molar-refractivity contribution in [3.63, 3.8) is 0 Å². The summed E-state index contributed by atoms with van der Waals surface area (Å²) in [5.41, 5.74) is 2.83. The van der Waals surface area contributed by atoms with E-state index in [-0.39, 0.29) is 22.7 Å². The Bertz CT molecular complexity index is 1020. The second-order valence-electron chi connectivity index (χ2n) is 6.60. The van der Waals surface area contributed by atoms with Crippen LogP contribution in [0.15, 0.2) is 59.8 Å². The van der Waals surface area contributed by atoms with Gasteiger partial charge in [-0.1, -0.05) is 30.3 Å². The van der Waals surface area contributed by atoms with Gasteiger partial charge in [0.15, 0.2) is 0 Å². The molecule has 1 aromatic carbocycles. The van der Waals surface area contributed by atoms with E-state index in [1.807, 2.05) is 37.3 Å². The van der Waals surface area contributed by atoms with E-state index in [0.29, 0.717) is 5.69 Å². The van der Waals surface area contributed by atoms with Gasteiger partial charge in [0, 0.05) is 36.1 Å². The van der Waals surface area contributed by atoms with Gasteiger partial charge in [0.1, 0.15) is 5.69 Å². The number of pyridine rings is 1. The first kappa shape index (κ1) is 21.5. The van der Waals surface area contributed by atoms with E-state index in [2.05, 4.69) is 20.1 Å². The number of hydrogen-bond acceptors (Lipinski definition) is 6. The van der Waals surface area contributed by atoms with E-state index >= 15 is 0 Å². The number of amides is 1. The zero-order valence-corrected chi connectivity index (χ0v) is 17.7. The summed E-state index contributed by atoms with van der Waals surface area (Å²) in [6.07, 6.45) is 1.54. The average Bonchev–Trinajstić information content (AvgIpc) is 3.16. The summed E-state index contributed by atoms with van der Waals surface area (Å²) in [6.45, 7) is 1.83. The zero-order chi connectivity index (χ0) is 21.7. The van der Waals surface area contributed by atoms with Gasteiger partial charge in [-0.25, -0.2) is 9.78 Å². The fourth-order valence-electron chi connectivity index (χ4n) is 2.81. The van der Waals surface area contributed by atoms with Crippen molar-refractivity contribution in [1.29, 1.82) is 0 Å². The maximum absolute atomic E-state index is 12.7. The van der Waals surface area contributed by atoms with Crippen molar-refractivity contribution in [2.75, 3.05) is 12.9 Å². The molecule has 2 aromatic heterocycles. The largest absolute Gasteiger partial charge is 0.610 e. The number of methoxy groups -OCH3 is 1. The summed E-state index contributed by atoms with van der Waals surface area (Å²) < 4.78 is 18.1. The average molecular weight is 426 g/mol. The van der Waals surface area contributed by atoms with Gasteiger partial charge in [-0.15, -0.1) is 0 Å². The third kappa shape index (κ3) is 5.05. The molecule has 0 spiro atoms. The van der Waals surface area contributed by atoms with E-state index in [4.69, 9.17) is 0 Å². The van der Waals surface area contributed by atoms with Gasteiger partial charge in [0.2, 0.25) is 10.8 Å². The van der Waals surface area contributed by atoms with Gasteiger partial charge in [-0.05, 0) is 24.6 Å². The quantitative estimate of drug-likeness (QED) is 0.458. The number of aromatic nitrogens is 3. The Morgan fingerprint density at radius 3 is 2.60 bits per heavy atom. The first-order valence-corrected chi connectivity index (χ1v) is 10.5. The SMILES string of the molecule is COC(=O)C[S+]([O-])c1ccc(C(C)NC(=O)c2cc(-c3ccccc3)nn2C)cn1. The topological polar surface area (TPSA) is 109 Å². The van der Waals surface area contributed by atoms with E-state index in [0.717, 1.165) is 16.8 Å². The maximum Gasteiger partial charge on any atom is 0.356 e. The number of ether oxygens (including phenoxy) is 1. The molecule has 1 amide bonds. The fraction of sp³-hybridized carbons (Fsp3) is 0.238. The van der Waals surface area contributed by atoms with Crippen molar-refractivity contribution in [1.82, 2.24) is 20.1 Å². The highest BCUT2D eigenvalue weighted by Crippen LogP contribution is 2.20. The summed E-state index contributed by atoms with van der Waals surface area (Å²) in [6, 6.07) is 14.3. The number of nitrogens with zero attached hydrogens (tertiary/aromatic N) is 3. The van der Waals surface area contributed by atoms with Crippen molar-refractivity contribution >= 4 is 23.1 Å². The van der Waals surface area contributed by atoms with Crippen LogP contribution in [0.5, 0.6) is 0 Å². The van der Waals surface area contributed by atoms with Crippen LogP contribution in [0.25, 0.3) is 11.3 Å². The van der Waals surface area contributed by atoms with Gasteiger partial charge in [-0.2, -0.15) is 5.10 Å². The molecular weight excluding hydrogens is 404 g/mol. The molecule has 0 saturated heterocycles. The van der Waals surface area contributed by atoms with Crippen molar-refractivity contribution < 1.29 is 18.9 Å². The Morgan fingerprint density at radius 2 is 1.97 bits per heavy atom. The molecule has 3 aromatic rings. The Balaban J connectivity index is 1.67. The minimum atomic E-state index is -1.58. The molecule has 2 heterocycles. The van der Waals surface area contributed by atoms with Crippen LogP contribution in [-0.4, -0.2) is 44.1 Å². The van der Waals surface area contributed by atoms with Crippen molar-refractivity contribution in [3.8, 4) is 11.3 Å². The first-order valence-electron chi connectivity index (χ1n) is 9.20. The molecule has 2 unspecified atom stereocenters. The van der Waals surface area contributed by atoms with Crippen LogP contribution in [0.1, 0.15) is 29.0 Å². The van der Waals surface area contributed by atoms with Crippen LogP contribution in [0.2, 0.25) is 0 Å². The lowest BCUT2D eigenvalue weighted by atomic mass is 10.1. The lowest BCUT2D eigenvalue weighted by Gasteiger charge is -2.15. The van der Waals surface area contributed by atoms with Crippen LogP contribution < -0.4 is 5.32 Å². The van der Waals surface area contributed by atoms with E-state index in [1.165, 1.54) is 13.3 Å². The first-order chi connectivity index (χ1) is 14.4. The van der Waals surface area contributed by atoms with Gasteiger partial charge < -0.3 is 14.6 Å². The van der Waals surface area contributed by atoms with E-state index in [1.54, 1.807) is 29.9 Å². The summed E-state index contributed by atoms with van der Waals surface area (Å²) in [7, 11) is 2.96. The van der Waals surface area contributed by atoms with Crippen molar-refractivity contribution in [2.45, 2.75) is 18.0 Å². The highest BCUT2D eigenvalue weighted by atomic mass is 32.2. The molecule has 3 rings (SSSR count). The van der Waals surface area contributed by atoms with Crippen molar-refractivity contribution in [2.24, 2.45) is 7.05 Å². The van der Waals surface area contributed by atoms with Crippen LogP contribution in [-0.2, 0) is 27.8 Å². The third-order valence-electron chi connectivity index (χ3n) is 4.50. The second kappa shape index (κ2) is 9.55. The molecule has 0 bridgehead atoms. The van der Waals surface area contributed by atoms with Crippen molar-refractivity contribution in [3.05, 3.63) is 66.0 Å². The van der Waals surface area contributed by atoms with Crippen LogP contribution in [0, 0.1) is 0 Å². The number of carbonyl (C=O) groups is 2. The monoisotopic (exact) mass is 426 g/mol. The van der Waals surface area contributed by atoms with Gasteiger partial charge >= 0.3 is 5.97 Å². The minimum absolute atomic E-state index is 0.251. The molecule has 0 aliphatic carbocycles. The minimum Gasteiger partial charge on any atom is -0.610 e. The second-order valence-corrected chi connectivity index (χ2v) is 7.99. The normalized spacial score (nSPS) is 12.8. The maximum atomic E-state index is 12.7. The number of hydrogen-bond donors (Lipinski definition) is 1. The van der Waals surface area contributed by atoms with Gasteiger partial charge in [0.05, 0.1) is 18.8 Å². The molecule has 8 nitrogen and oxygen atoms in total. The van der Waals surface area contributed by atoms with E-state index < -0.39 is 17.1 Å². The summed E-state index contributed by atoms with van der Waals surface area (Å²) in [5, 5.41) is 7.61. The molecule has 0 fully saturated rings. The summed E-state index contributed by atoms with van der Waals surface area (Å²) in [4.78, 5) is 28.1. The van der Waals surface area contributed by atoms with E-state index in [9.17, 15) is 14.1 Å². The standard InChI is InChI=1S/C21H22N4O4S/c1-14(16-9-10-19(22-12-16)30(28)13-20(26)29-3)23-21(27)18-11-17(24-25(18)2)15-7-5-4-6-8-15/h4-12,14H,13H2,1-3H3,(H,23,27). The summed E-state index contributed by atoms with van der Waals surface area (Å²) >= 11 is -1.58. The summed E-state index contributed by atoms with van der Waals surface area (Å²) in [5.74, 6) is -1.08. The van der Waals surface area contributed by atoms with Gasteiger partial charge in [0.25, 0.3) is 5.91 Å². The Morgan fingerprint density at radius 1 is 1.23 bits per heavy atom.